The summed E-state index contributed by atoms with van der Waals surface area (Å²) >= 11 is 0. The zero-order chi connectivity index (χ0) is 12.8. The molecule has 0 amide bonds. The summed E-state index contributed by atoms with van der Waals surface area (Å²) in [6.07, 6.45) is 5.13. The van der Waals surface area contributed by atoms with E-state index in [1.807, 2.05) is 7.05 Å². The standard InChI is InChI=1S/C14H19N3O2/c1-15-13-10-7-18-5-4-11(10)16-14(17-13)9-6-8-2-3-12(9)19-8/h8-9,12H,2-7H2,1H3,(H,15,16,17). The van der Waals surface area contributed by atoms with Crippen LogP contribution < -0.4 is 5.32 Å². The van der Waals surface area contributed by atoms with Crippen molar-refractivity contribution in [2.45, 2.75) is 50.4 Å². The molecule has 5 heteroatoms. The molecule has 1 aromatic rings. The fourth-order valence-corrected chi connectivity index (χ4v) is 3.53. The molecule has 5 nitrogen and oxygen atoms in total. The summed E-state index contributed by atoms with van der Waals surface area (Å²) in [6.45, 7) is 1.39. The molecular weight excluding hydrogens is 242 g/mol. The van der Waals surface area contributed by atoms with Gasteiger partial charge in [0.1, 0.15) is 11.6 Å². The van der Waals surface area contributed by atoms with Crippen molar-refractivity contribution >= 4 is 5.82 Å². The van der Waals surface area contributed by atoms with Crippen LogP contribution in [0.15, 0.2) is 0 Å². The Morgan fingerprint density at radius 1 is 1.26 bits per heavy atom. The van der Waals surface area contributed by atoms with Crippen molar-refractivity contribution in [2.75, 3.05) is 19.0 Å². The number of nitrogens with one attached hydrogen (secondary N) is 1. The van der Waals surface area contributed by atoms with Gasteiger partial charge in [0, 0.05) is 24.9 Å². The topological polar surface area (TPSA) is 56.3 Å². The summed E-state index contributed by atoms with van der Waals surface area (Å²) < 4.78 is 11.4. The molecule has 0 aromatic carbocycles. The minimum absolute atomic E-state index is 0.340. The van der Waals surface area contributed by atoms with Crippen LogP contribution in [0.3, 0.4) is 0 Å². The van der Waals surface area contributed by atoms with Crippen molar-refractivity contribution in [1.29, 1.82) is 0 Å². The minimum Gasteiger partial charge on any atom is -0.376 e. The van der Waals surface area contributed by atoms with E-state index in [2.05, 4.69) is 5.32 Å². The lowest BCUT2D eigenvalue weighted by molar-refractivity contribution is 0.0993. The molecule has 2 bridgehead atoms. The number of hydrogen-bond acceptors (Lipinski definition) is 5. The van der Waals surface area contributed by atoms with Gasteiger partial charge in [0.2, 0.25) is 0 Å². The molecule has 3 atom stereocenters. The van der Waals surface area contributed by atoms with Gasteiger partial charge in [-0.25, -0.2) is 9.97 Å². The van der Waals surface area contributed by atoms with E-state index in [0.717, 1.165) is 48.8 Å². The summed E-state index contributed by atoms with van der Waals surface area (Å²) in [4.78, 5) is 9.53. The Labute approximate surface area is 112 Å². The summed E-state index contributed by atoms with van der Waals surface area (Å²) in [5, 5.41) is 3.19. The lowest BCUT2D eigenvalue weighted by Gasteiger charge is -2.23. The summed E-state index contributed by atoms with van der Waals surface area (Å²) in [5.41, 5.74) is 2.28. The molecule has 0 saturated carbocycles. The summed E-state index contributed by atoms with van der Waals surface area (Å²) in [7, 11) is 1.91. The first kappa shape index (κ1) is 11.6. The molecule has 19 heavy (non-hydrogen) atoms. The van der Waals surface area contributed by atoms with Crippen molar-refractivity contribution in [3.63, 3.8) is 0 Å². The largest absolute Gasteiger partial charge is 0.376 e. The number of nitrogens with zero attached hydrogens (tertiary/aromatic N) is 2. The van der Waals surface area contributed by atoms with Crippen LogP contribution in [0.2, 0.25) is 0 Å². The van der Waals surface area contributed by atoms with E-state index in [4.69, 9.17) is 19.4 Å². The van der Waals surface area contributed by atoms with E-state index < -0.39 is 0 Å². The predicted molar refractivity (Wildman–Crippen MR) is 70.2 cm³/mol. The van der Waals surface area contributed by atoms with Crippen LogP contribution in [0.4, 0.5) is 5.82 Å². The first-order chi connectivity index (χ1) is 9.35. The van der Waals surface area contributed by atoms with Crippen LogP contribution in [-0.4, -0.2) is 35.8 Å². The van der Waals surface area contributed by atoms with Crippen LogP contribution in [0.5, 0.6) is 0 Å². The molecule has 102 valence electrons. The summed E-state index contributed by atoms with van der Waals surface area (Å²) in [5.74, 6) is 2.29. The maximum Gasteiger partial charge on any atom is 0.136 e. The van der Waals surface area contributed by atoms with Crippen molar-refractivity contribution < 1.29 is 9.47 Å². The molecule has 2 fully saturated rings. The highest BCUT2D eigenvalue weighted by atomic mass is 16.5. The lowest BCUT2D eigenvalue weighted by Crippen LogP contribution is -2.22. The van der Waals surface area contributed by atoms with Gasteiger partial charge in [-0.2, -0.15) is 0 Å². The van der Waals surface area contributed by atoms with E-state index >= 15 is 0 Å². The fraction of sp³-hybridized carbons (Fsp3) is 0.714. The normalized spacial score (nSPS) is 32.4. The zero-order valence-corrected chi connectivity index (χ0v) is 11.2. The molecule has 4 heterocycles. The number of anilines is 1. The molecular formula is C14H19N3O2. The molecule has 3 unspecified atom stereocenters. The van der Waals surface area contributed by atoms with Gasteiger partial charge in [0.05, 0.1) is 31.1 Å². The first-order valence-corrected chi connectivity index (χ1v) is 7.16. The van der Waals surface area contributed by atoms with Gasteiger partial charge >= 0.3 is 0 Å². The number of rotatable bonds is 2. The fourth-order valence-electron chi connectivity index (χ4n) is 3.53. The van der Waals surface area contributed by atoms with Crippen molar-refractivity contribution in [1.82, 2.24) is 9.97 Å². The van der Waals surface area contributed by atoms with Crippen LogP contribution in [0, 0.1) is 0 Å². The Hall–Kier alpha value is -1.20. The van der Waals surface area contributed by atoms with E-state index in [-0.39, 0.29) is 0 Å². The molecule has 1 aromatic heterocycles. The Balaban J connectivity index is 1.72. The zero-order valence-electron chi connectivity index (χ0n) is 11.2. The Morgan fingerprint density at radius 3 is 2.95 bits per heavy atom. The van der Waals surface area contributed by atoms with E-state index in [1.165, 1.54) is 6.42 Å². The van der Waals surface area contributed by atoms with Crippen LogP contribution in [0.1, 0.15) is 42.3 Å². The maximum atomic E-state index is 5.93. The SMILES string of the molecule is CNc1nc(C2CC3CCC2O3)nc2c1COCC2. The second-order valence-corrected chi connectivity index (χ2v) is 5.62. The van der Waals surface area contributed by atoms with Gasteiger partial charge in [-0.3, -0.25) is 0 Å². The highest BCUT2D eigenvalue weighted by Gasteiger charge is 2.43. The number of aromatic nitrogens is 2. The Bertz CT molecular complexity index is 488. The molecule has 0 radical (unpaired) electrons. The van der Waals surface area contributed by atoms with E-state index in [1.54, 1.807) is 0 Å². The van der Waals surface area contributed by atoms with E-state index in [0.29, 0.717) is 24.7 Å². The predicted octanol–water partition coefficient (Wildman–Crippen LogP) is 1.63. The van der Waals surface area contributed by atoms with Gasteiger partial charge in [0.25, 0.3) is 0 Å². The monoisotopic (exact) mass is 261 g/mol. The maximum absolute atomic E-state index is 5.93. The van der Waals surface area contributed by atoms with Crippen LogP contribution in [0.25, 0.3) is 0 Å². The molecule has 0 spiro atoms. The quantitative estimate of drug-likeness (QED) is 0.877. The second kappa shape index (κ2) is 4.42. The molecule has 4 rings (SSSR count). The average molecular weight is 261 g/mol. The van der Waals surface area contributed by atoms with Crippen molar-refractivity contribution in [3.8, 4) is 0 Å². The average Bonchev–Trinajstić information content (AvgIpc) is 3.08. The molecule has 2 saturated heterocycles. The Kier molecular flexibility index (Phi) is 2.70. The van der Waals surface area contributed by atoms with Gasteiger partial charge in [-0.1, -0.05) is 0 Å². The summed E-state index contributed by atoms with van der Waals surface area (Å²) in [6, 6.07) is 0. The smallest absolute Gasteiger partial charge is 0.136 e. The van der Waals surface area contributed by atoms with Crippen LogP contribution >= 0.6 is 0 Å². The highest BCUT2D eigenvalue weighted by molar-refractivity contribution is 5.47. The highest BCUT2D eigenvalue weighted by Crippen LogP contribution is 2.43. The van der Waals surface area contributed by atoms with Gasteiger partial charge in [-0.15, -0.1) is 0 Å². The Morgan fingerprint density at radius 2 is 2.21 bits per heavy atom. The third-order valence-electron chi connectivity index (χ3n) is 4.51. The number of ether oxygens (including phenoxy) is 2. The van der Waals surface area contributed by atoms with Crippen molar-refractivity contribution in [2.24, 2.45) is 0 Å². The van der Waals surface area contributed by atoms with Gasteiger partial charge < -0.3 is 14.8 Å². The second-order valence-electron chi connectivity index (χ2n) is 5.62. The van der Waals surface area contributed by atoms with Gasteiger partial charge in [0.15, 0.2) is 0 Å². The lowest BCUT2D eigenvalue weighted by atomic mass is 9.88. The molecule has 3 aliphatic heterocycles. The molecule has 0 aliphatic carbocycles. The third kappa shape index (κ3) is 1.83. The number of hydrogen-bond donors (Lipinski definition) is 1. The van der Waals surface area contributed by atoms with Crippen molar-refractivity contribution in [3.05, 3.63) is 17.1 Å². The van der Waals surface area contributed by atoms with Gasteiger partial charge in [-0.05, 0) is 19.3 Å². The third-order valence-corrected chi connectivity index (χ3v) is 4.51. The molecule has 1 N–H and O–H groups in total. The number of fused-ring (bicyclic) bond motifs is 3. The van der Waals surface area contributed by atoms with Crippen LogP contribution in [-0.2, 0) is 22.5 Å². The first-order valence-electron chi connectivity index (χ1n) is 7.16. The molecule has 3 aliphatic rings. The minimum atomic E-state index is 0.340. The van der Waals surface area contributed by atoms with E-state index in [9.17, 15) is 0 Å².